The minimum atomic E-state index is 0. The summed E-state index contributed by atoms with van der Waals surface area (Å²) in [5, 5.41) is 3.46. The fourth-order valence-corrected chi connectivity index (χ4v) is 2.38. The molecule has 2 aliphatic rings. The van der Waals surface area contributed by atoms with Crippen molar-refractivity contribution >= 4 is 12.4 Å². The lowest BCUT2D eigenvalue weighted by atomic mass is 10.0. The molecule has 2 bridgehead atoms. The molecule has 2 aliphatic heterocycles. The van der Waals surface area contributed by atoms with E-state index in [4.69, 9.17) is 0 Å². The highest BCUT2D eigenvalue weighted by Crippen LogP contribution is 2.32. The lowest BCUT2D eigenvalue weighted by molar-refractivity contribution is 0.499. The Morgan fingerprint density at radius 3 is 3.14 bits per heavy atom. The Kier molecular flexibility index (Phi) is 2.33. The van der Waals surface area contributed by atoms with Crippen LogP contribution in [0.3, 0.4) is 0 Å². The summed E-state index contributed by atoms with van der Waals surface area (Å²) in [6.45, 7) is 0. The Morgan fingerprint density at radius 1 is 1.43 bits per heavy atom. The molecule has 1 fully saturated rings. The van der Waals surface area contributed by atoms with E-state index in [-0.39, 0.29) is 18.0 Å². The van der Waals surface area contributed by atoms with Gasteiger partial charge in [0.2, 0.25) is 0 Å². The number of halogens is 1. The quantitative estimate of drug-likeness (QED) is 0.662. The van der Waals surface area contributed by atoms with Gasteiger partial charge in [-0.3, -0.25) is 4.79 Å². The van der Waals surface area contributed by atoms with Crippen molar-refractivity contribution in [3.63, 3.8) is 0 Å². The zero-order valence-corrected chi connectivity index (χ0v) is 8.43. The summed E-state index contributed by atoms with van der Waals surface area (Å²) in [7, 11) is 0. The Labute approximate surface area is 87.5 Å². The summed E-state index contributed by atoms with van der Waals surface area (Å²) in [6.07, 6.45) is 4.63. The van der Waals surface area contributed by atoms with E-state index in [0.29, 0.717) is 12.1 Å². The molecule has 1 aromatic rings. The molecule has 4 nitrogen and oxygen atoms in total. The van der Waals surface area contributed by atoms with E-state index in [2.05, 4.69) is 15.3 Å². The van der Waals surface area contributed by atoms with Crippen LogP contribution in [-0.4, -0.2) is 16.0 Å². The van der Waals surface area contributed by atoms with Gasteiger partial charge in [0.1, 0.15) is 0 Å². The number of aromatic nitrogens is 2. The van der Waals surface area contributed by atoms with Gasteiger partial charge in [0.15, 0.2) is 0 Å². The van der Waals surface area contributed by atoms with Gasteiger partial charge < -0.3 is 10.3 Å². The van der Waals surface area contributed by atoms with Crippen LogP contribution in [0.5, 0.6) is 0 Å². The maximum Gasteiger partial charge on any atom is 0.254 e. The van der Waals surface area contributed by atoms with E-state index >= 15 is 0 Å². The molecule has 1 aromatic heterocycles. The molecule has 2 N–H and O–H groups in total. The zero-order valence-electron chi connectivity index (χ0n) is 7.62. The third-order valence-corrected chi connectivity index (χ3v) is 3.00. The highest BCUT2D eigenvalue weighted by atomic mass is 35.5. The molecule has 3 heterocycles. The molecule has 3 rings (SSSR count). The van der Waals surface area contributed by atoms with Crippen molar-refractivity contribution in [1.29, 1.82) is 0 Å². The maximum atomic E-state index is 11.5. The Hall–Kier alpha value is -0.870. The highest BCUT2D eigenvalue weighted by Gasteiger charge is 2.34. The van der Waals surface area contributed by atoms with E-state index in [9.17, 15) is 4.79 Å². The molecule has 14 heavy (non-hydrogen) atoms. The predicted octanol–water partition coefficient (Wildman–Crippen LogP) is 0.541. The van der Waals surface area contributed by atoms with Gasteiger partial charge in [-0.05, 0) is 19.3 Å². The van der Waals surface area contributed by atoms with Crippen molar-refractivity contribution in [3.8, 4) is 0 Å². The number of aromatic amines is 1. The first-order chi connectivity index (χ1) is 6.34. The topological polar surface area (TPSA) is 57.8 Å². The Bertz CT molecular complexity index is 403. The van der Waals surface area contributed by atoms with Crippen molar-refractivity contribution in [1.82, 2.24) is 15.3 Å². The minimum absolute atomic E-state index is 0. The molecule has 0 amide bonds. The number of hydrogen-bond acceptors (Lipinski definition) is 3. The monoisotopic (exact) mass is 213 g/mol. The fraction of sp³-hybridized carbons (Fsp3) is 0.556. The second kappa shape index (κ2) is 3.37. The smallest absolute Gasteiger partial charge is 0.254 e. The van der Waals surface area contributed by atoms with Crippen molar-refractivity contribution in [3.05, 3.63) is 27.9 Å². The van der Waals surface area contributed by atoms with Gasteiger partial charge in [0.25, 0.3) is 5.56 Å². The van der Waals surface area contributed by atoms with Crippen LogP contribution in [0, 0.1) is 0 Å². The van der Waals surface area contributed by atoms with Gasteiger partial charge in [-0.1, -0.05) is 0 Å². The normalized spacial score (nSPS) is 28.0. The molecular weight excluding hydrogens is 202 g/mol. The molecule has 2 unspecified atom stereocenters. The standard InChI is InChI=1S/C9H11N3O.ClH/c13-9-6-3-5-1-2-7(12-5)8(6)10-4-11-9;/h4-5,7,12H,1-3H2,(H,10,11,13);1H. The number of fused-ring (bicyclic) bond motifs is 4. The molecular formula is C9H12ClN3O. The lowest BCUT2D eigenvalue weighted by Gasteiger charge is -2.21. The number of hydrogen-bond donors (Lipinski definition) is 2. The van der Waals surface area contributed by atoms with Crippen LogP contribution in [0.25, 0.3) is 0 Å². The van der Waals surface area contributed by atoms with E-state index in [1.54, 1.807) is 0 Å². The largest absolute Gasteiger partial charge is 0.313 e. The minimum Gasteiger partial charge on any atom is -0.313 e. The molecule has 0 aromatic carbocycles. The second-order valence-electron chi connectivity index (χ2n) is 3.79. The van der Waals surface area contributed by atoms with Gasteiger partial charge in [-0.2, -0.15) is 0 Å². The van der Waals surface area contributed by atoms with Crippen molar-refractivity contribution in [2.45, 2.75) is 31.3 Å². The van der Waals surface area contributed by atoms with Crippen LogP contribution in [-0.2, 0) is 6.42 Å². The lowest BCUT2D eigenvalue weighted by Crippen LogP contribution is -2.36. The summed E-state index contributed by atoms with van der Waals surface area (Å²) in [5.41, 5.74) is 1.91. The maximum absolute atomic E-state index is 11.5. The van der Waals surface area contributed by atoms with Gasteiger partial charge in [0.05, 0.1) is 18.1 Å². The van der Waals surface area contributed by atoms with E-state index < -0.39 is 0 Å². The number of rotatable bonds is 0. The van der Waals surface area contributed by atoms with Gasteiger partial charge in [-0.25, -0.2) is 4.98 Å². The van der Waals surface area contributed by atoms with Gasteiger partial charge in [-0.15, -0.1) is 12.4 Å². The van der Waals surface area contributed by atoms with E-state index in [0.717, 1.165) is 24.1 Å². The van der Waals surface area contributed by atoms with Gasteiger partial charge >= 0.3 is 0 Å². The first kappa shape index (κ1) is 9.68. The molecule has 0 saturated carbocycles. The number of nitrogens with one attached hydrogen (secondary N) is 2. The molecule has 76 valence electrons. The van der Waals surface area contributed by atoms with Crippen molar-refractivity contribution < 1.29 is 0 Å². The summed E-state index contributed by atoms with van der Waals surface area (Å²) in [4.78, 5) is 18.3. The highest BCUT2D eigenvalue weighted by molar-refractivity contribution is 5.85. The molecule has 2 atom stereocenters. The average molecular weight is 214 g/mol. The van der Waals surface area contributed by atoms with E-state index in [1.165, 1.54) is 12.7 Å². The van der Waals surface area contributed by atoms with Crippen LogP contribution in [0.15, 0.2) is 11.1 Å². The molecule has 5 heteroatoms. The molecule has 0 radical (unpaired) electrons. The van der Waals surface area contributed by atoms with Gasteiger partial charge in [0, 0.05) is 11.6 Å². The second-order valence-corrected chi connectivity index (χ2v) is 3.79. The molecule has 0 spiro atoms. The van der Waals surface area contributed by atoms with E-state index in [1.807, 2.05) is 0 Å². The van der Waals surface area contributed by atoms with Crippen LogP contribution in [0.1, 0.15) is 30.1 Å². The third-order valence-electron chi connectivity index (χ3n) is 3.00. The van der Waals surface area contributed by atoms with Crippen LogP contribution in [0.2, 0.25) is 0 Å². The summed E-state index contributed by atoms with van der Waals surface area (Å²) in [5.74, 6) is 0. The first-order valence-electron chi connectivity index (χ1n) is 4.67. The van der Waals surface area contributed by atoms with Crippen LogP contribution < -0.4 is 10.9 Å². The van der Waals surface area contributed by atoms with Crippen molar-refractivity contribution in [2.75, 3.05) is 0 Å². The van der Waals surface area contributed by atoms with Crippen molar-refractivity contribution in [2.24, 2.45) is 0 Å². The Balaban J connectivity index is 0.000000750. The summed E-state index contributed by atoms with van der Waals surface area (Å²) < 4.78 is 0. The SMILES string of the molecule is Cl.O=c1[nH]cnc2c1CC1CCC2N1. The van der Waals surface area contributed by atoms with Crippen LogP contribution in [0.4, 0.5) is 0 Å². The fourth-order valence-electron chi connectivity index (χ4n) is 2.38. The molecule has 1 saturated heterocycles. The number of nitrogens with zero attached hydrogens (tertiary/aromatic N) is 1. The number of H-pyrrole nitrogens is 1. The van der Waals surface area contributed by atoms with Crippen LogP contribution >= 0.6 is 12.4 Å². The summed E-state index contributed by atoms with van der Waals surface area (Å²) >= 11 is 0. The Morgan fingerprint density at radius 2 is 2.29 bits per heavy atom. The average Bonchev–Trinajstić information content (AvgIpc) is 2.51. The zero-order chi connectivity index (χ0) is 8.84. The first-order valence-corrected chi connectivity index (χ1v) is 4.67. The summed E-state index contributed by atoms with van der Waals surface area (Å²) in [6, 6.07) is 0.832. The third kappa shape index (κ3) is 1.26. The molecule has 0 aliphatic carbocycles. The predicted molar refractivity (Wildman–Crippen MR) is 54.7 cm³/mol.